The lowest BCUT2D eigenvalue weighted by atomic mass is 9.78. The first-order valence-corrected chi connectivity index (χ1v) is 8.95. The quantitative estimate of drug-likeness (QED) is 0.190. The van der Waals surface area contributed by atoms with E-state index in [0.717, 1.165) is 6.26 Å². The van der Waals surface area contributed by atoms with Gasteiger partial charge in [-0.05, 0) is 31.2 Å². The monoisotopic (exact) mass is 382 g/mol. The number of rotatable bonds is 10. The Morgan fingerprint density at radius 2 is 2.15 bits per heavy atom. The molecule has 0 aromatic carbocycles. The molecule has 0 aliphatic carbocycles. The van der Waals surface area contributed by atoms with E-state index < -0.39 is 25.4 Å². The summed E-state index contributed by atoms with van der Waals surface area (Å²) in [4.78, 5) is 13.3. The van der Waals surface area contributed by atoms with Crippen molar-refractivity contribution in [2.24, 2.45) is 5.73 Å². The second-order valence-corrected chi connectivity index (χ2v) is 6.67. The Morgan fingerprint density at radius 1 is 1.44 bits per heavy atom. The molecule has 0 aromatic heterocycles. The molecule has 6 N–H and O–H groups in total. The van der Waals surface area contributed by atoms with Crippen LogP contribution in [0.1, 0.15) is 19.3 Å². The summed E-state index contributed by atoms with van der Waals surface area (Å²) in [6, 6.07) is 0. The number of ether oxygens (including phenoxy) is 1. The van der Waals surface area contributed by atoms with Gasteiger partial charge in [-0.15, -0.1) is 0 Å². The summed E-state index contributed by atoms with van der Waals surface area (Å²) in [5, 5.41) is 38.6. The van der Waals surface area contributed by atoms with Crippen molar-refractivity contribution in [1.82, 2.24) is 4.90 Å². The number of carboxylic acids is 1. The number of nitrogens with two attached hydrogens (primary N) is 1. The third kappa shape index (κ3) is 5.81. The molecule has 2 unspecified atom stereocenters. The molecular weight excluding hydrogens is 355 g/mol. The van der Waals surface area contributed by atoms with Gasteiger partial charge in [-0.25, -0.2) is 4.79 Å². The lowest BCUT2D eigenvalue weighted by Gasteiger charge is -2.41. The Hall–Kier alpha value is -1.85. The summed E-state index contributed by atoms with van der Waals surface area (Å²) < 4.78 is 10.8. The summed E-state index contributed by atoms with van der Waals surface area (Å²) in [6.45, 7) is 4.66. The molecule has 27 heavy (non-hydrogen) atoms. The number of likely N-dealkylation sites (tertiary alicyclic amines) is 1. The van der Waals surface area contributed by atoms with Crippen molar-refractivity contribution in [3.8, 4) is 0 Å². The molecule has 1 saturated heterocycles. The molecule has 0 bridgehead atoms. The number of allylic oxidation sites excluding steroid dienone is 2. The molecule has 0 aromatic rings. The summed E-state index contributed by atoms with van der Waals surface area (Å²) in [6.07, 6.45) is 2.64. The molecular formula is C17H27BN2O7. The van der Waals surface area contributed by atoms with Gasteiger partial charge in [0.25, 0.3) is 0 Å². The molecule has 0 amide bonds. The van der Waals surface area contributed by atoms with E-state index in [9.17, 15) is 25.1 Å². The summed E-state index contributed by atoms with van der Waals surface area (Å²) in [5.41, 5.74) is 5.74. The minimum atomic E-state index is -1.23. The lowest BCUT2D eigenvalue weighted by Crippen LogP contribution is -2.56. The smallest absolute Gasteiger partial charge is 0.522 e. The highest BCUT2D eigenvalue weighted by molar-refractivity contribution is 6.43. The first-order chi connectivity index (χ1) is 12.8. The van der Waals surface area contributed by atoms with Crippen LogP contribution in [0.5, 0.6) is 0 Å². The van der Waals surface area contributed by atoms with Crippen LogP contribution in [0.2, 0.25) is 6.32 Å². The van der Waals surface area contributed by atoms with Gasteiger partial charge in [0.15, 0.2) is 0 Å². The van der Waals surface area contributed by atoms with E-state index in [1.54, 1.807) is 4.90 Å². The Morgan fingerprint density at radius 3 is 2.74 bits per heavy atom. The van der Waals surface area contributed by atoms with Crippen LogP contribution in [0.25, 0.3) is 0 Å². The highest BCUT2D eigenvalue weighted by Crippen LogP contribution is 2.28. The van der Waals surface area contributed by atoms with Gasteiger partial charge in [-0.1, -0.05) is 12.7 Å². The van der Waals surface area contributed by atoms with Crippen LogP contribution in [-0.2, 0) is 14.2 Å². The molecule has 2 heterocycles. The second-order valence-electron chi connectivity index (χ2n) is 6.67. The van der Waals surface area contributed by atoms with E-state index in [1.807, 2.05) is 0 Å². The van der Waals surface area contributed by atoms with E-state index in [4.69, 9.17) is 15.1 Å². The van der Waals surface area contributed by atoms with Crippen LogP contribution in [0.3, 0.4) is 0 Å². The van der Waals surface area contributed by atoms with Gasteiger partial charge in [0.05, 0.1) is 6.10 Å². The Kier molecular flexibility index (Phi) is 7.87. The molecule has 2 aliphatic heterocycles. The van der Waals surface area contributed by atoms with Gasteiger partial charge in [0.2, 0.25) is 0 Å². The largest absolute Gasteiger partial charge is 0.535 e. The average molecular weight is 382 g/mol. The zero-order chi connectivity index (χ0) is 20.0. The molecule has 2 atom stereocenters. The number of aliphatic hydroxyl groups is 2. The standard InChI is InChI=1S/C17H27BN2O7/c1-2-11-5-6-18(25)27-16(11)14(17(23)24)10-26-13-8-20(9-13)15(22)4-3-12(21)7-19/h2,10,12-13,15,21-22,25H,1,3-9,19H2,(H,23,24)/b14-10-. The molecule has 0 spiro atoms. The first kappa shape index (κ1) is 21.5. The zero-order valence-corrected chi connectivity index (χ0v) is 15.2. The van der Waals surface area contributed by atoms with Crippen LogP contribution >= 0.6 is 0 Å². The number of aliphatic hydroxyl groups excluding tert-OH is 2. The third-order valence-electron chi connectivity index (χ3n) is 4.63. The highest BCUT2D eigenvalue weighted by Gasteiger charge is 2.34. The van der Waals surface area contributed by atoms with Crippen LogP contribution in [0.15, 0.2) is 35.8 Å². The molecule has 9 nitrogen and oxygen atoms in total. The molecule has 2 rings (SSSR count). The van der Waals surface area contributed by atoms with Crippen LogP contribution in [0.4, 0.5) is 0 Å². The van der Waals surface area contributed by atoms with Crippen molar-refractivity contribution < 1.29 is 34.5 Å². The van der Waals surface area contributed by atoms with Crippen molar-refractivity contribution >= 4 is 13.1 Å². The van der Waals surface area contributed by atoms with Crippen molar-refractivity contribution in [2.75, 3.05) is 19.6 Å². The number of carbonyl (C=O) groups is 1. The number of aliphatic carboxylic acids is 1. The fraction of sp³-hybridized carbons (Fsp3) is 0.588. The first-order valence-electron chi connectivity index (χ1n) is 8.95. The fourth-order valence-corrected chi connectivity index (χ4v) is 2.90. The van der Waals surface area contributed by atoms with Gasteiger partial charge in [0, 0.05) is 19.6 Å². The minimum absolute atomic E-state index is 0.0586. The average Bonchev–Trinajstić information content (AvgIpc) is 2.60. The second kappa shape index (κ2) is 9.91. The van der Waals surface area contributed by atoms with Crippen molar-refractivity contribution in [2.45, 2.75) is 44.0 Å². The summed E-state index contributed by atoms with van der Waals surface area (Å²) in [7, 11) is -1.07. The molecule has 150 valence electrons. The maximum Gasteiger partial charge on any atom is 0.522 e. The normalized spacial score (nSPS) is 21.3. The molecule has 0 saturated carbocycles. The zero-order valence-electron chi connectivity index (χ0n) is 15.2. The van der Waals surface area contributed by atoms with E-state index in [-0.39, 0.29) is 24.0 Å². The number of carboxylic acid groups (broad SMARTS) is 1. The highest BCUT2D eigenvalue weighted by atomic mass is 16.5. The van der Waals surface area contributed by atoms with E-state index in [1.165, 1.54) is 6.08 Å². The lowest BCUT2D eigenvalue weighted by molar-refractivity contribution is -0.133. The molecule has 2 aliphatic rings. The van der Waals surface area contributed by atoms with Gasteiger partial charge in [-0.2, -0.15) is 0 Å². The number of hydrogen-bond donors (Lipinski definition) is 5. The topological polar surface area (TPSA) is 146 Å². The number of nitrogens with zero attached hydrogens (tertiary/aromatic N) is 1. The molecule has 0 radical (unpaired) electrons. The van der Waals surface area contributed by atoms with Gasteiger partial charge >= 0.3 is 13.1 Å². The van der Waals surface area contributed by atoms with Crippen LogP contribution < -0.4 is 5.73 Å². The minimum Gasteiger partial charge on any atom is -0.535 e. The summed E-state index contributed by atoms with van der Waals surface area (Å²) >= 11 is 0. The van der Waals surface area contributed by atoms with E-state index >= 15 is 0 Å². The van der Waals surface area contributed by atoms with E-state index in [2.05, 4.69) is 6.58 Å². The fourth-order valence-electron chi connectivity index (χ4n) is 2.90. The van der Waals surface area contributed by atoms with Crippen molar-refractivity contribution in [3.63, 3.8) is 0 Å². The van der Waals surface area contributed by atoms with Crippen LogP contribution in [0, 0.1) is 0 Å². The maximum absolute atomic E-state index is 11.6. The van der Waals surface area contributed by atoms with Gasteiger partial charge < -0.3 is 35.5 Å². The SMILES string of the molecule is C=CC1=C(/C(=C/OC2CN(C(O)CCC(O)CN)C2)C(=O)O)OB(O)CC1. The predicted octanol–water partition coefficient (Wildman–Crippen LogP) is -0.585. The van der Waals surface area contributed by atoms with Crippen molar-refractivity contribution in [3.05, 3.63) is 35.8 Å². The number of hydrogen-bond acceptors (Lipinski definition) is 8. The predicted molar refractivity (Wildman–Crippen MR) is 98.2 cm³/mol. The van der Waals surface area contributed by atoms with Gasteiger partial charge in [-0.3, -0.25) is 4.90 Å². The Labute approximate surface area is 158 Å². The van der Waals surface area contributed by atoms with Crippen LogP contribution in [-0.4, -0.2) is 76.4 Å². The maximum atomic E-state index is 11.6. The molecule has 10 heteroatoms. The molecule has 1 fully saturated rings. The van der Waals surface area contributed by atoms with Crippen molar-refractivity contribution in [1.29, 1.82) is 0 Å². The van der Waals surface area contributed by atoms with Gasteiger partial charge in [0.1, 0.15) is 29.9 Å². The Bertz CT molecular complexity index is 604. The summed E-state index contributed by atoms with van der Waals surface area (Å²) in [5.74, 6) is -1.17. The third-order valence-corrected chi connectivity index (χ3v) is 4.63. The van der Waals surface area contributed by atoms with E-state index in [0.29, 0.717) is 44.2 Å². The Balaban J connectivity index is 1.91.